The van der Waals surface area contributed by atoms with Crippen LogP contribution in [0, 0.1) is 5.92 Å². The maximum Gasteiger partial charge on any atom is 0.0410 e. The fourth-order valence-corrected chi connectivity index (χ4v) is 2.85. The van der Waals surface area contributed by atoms with Crippen LogP contribution in [0.4, 0.5) is 5.69 Å². The molecule has 0 aliphatic heterocycles. The van der Waals surface area contributed by atoms with E-state index in [9.17, 15) is 0 Å². The molecule has 3 heteroatoms. The quantitative estimate of drug-likeness (QED) is 0.901. The fraction of sp³-hybridized carbons (Fsp3) is 0.600. The average Bonchev–Trinajstić information content (AvgIpc) is 3.13. The first-order valence-electron chi connectivity index (χ1n) is 6.76. The zero-order valence-corrected chi connectivity index (χ0v) is 13.1. The van der Waals surface area contributed by atoms with Crippen LogP contribution >= 0.6 is 15.9 Å². The molecule has 1 aromatic carbocycles. The van der Waals surface area contributed by atoms with Gasteiger partial charge in [-0.15, -0.1) is 0 Å². The van der Waals surface area contributed by atoms with Crippen molar-refractivity contribution in [1.82, 2.24) is 0 Å². The van der Waals surface area contributed by atoms with Crippen molar-refractivity contribution in [2.75, 3.05) is 11.9 Å². The van der Waals surface area contributed by atoms with Crippen LogP contribution < -0.4 is 10.6 Å². The minimum atomic E-state index is 0.203. The van der Waals surface area contributed by atoms with Crippen LogP contribution in [0.5, 0.6) is 0 Å². The lowest BCUT2D eigenvalue weighted by Crippen LogP contribution is -2.32. The molecule has 0 heterocycles. The largest absolute Gasteiger partial charge is 0.371 e. The molecular weight excluding hydrogens is 288 g/mol. The monoisotopic (exact) mass is 310 g/mol. The molecule has 2 nitrogen and oxygen atoms in total. The Morgan fingerprint density at radius 2 is 2.06 bits per heavy atom. The Morgan fingerprint density at radius 3 is 2.61 bits per heavy atom. The van der Waals surface area contributed by atoms with E-state index in [1.165, 1.54) is 24.1 Å². The highest BCUT2D eigenvalue weighted by Gasteiger charge is 2.31. The highest BCUT2D eigenvalue weighted by molar-refractivity contribution is 9.10. The van der Waals surface area contributed by atoms with Crippen molar-refractivity contribution in [3.8, 4) is 0 Å². The van der Waals surface area contributed by atoms with E-state index < -0.39 is 0 Å². The molecule has 0 aromatic heterocycles. The molecule has 1 fully saturated rings. The van der Waals surface area contributed by atoms with Gasteiger partial charge in [-0.2, -0.15) is 0 Å². The predicted octanol–water partition coefficient (Wildman–Crippen LogP) is 3.57. The second-order valence-electron chi connectivity index (χ2n) is 5.64. The topological polar surface area (TPSA) is 29.3 Å². The van der Waals surface area contributed by atoms with Crippen molar-refractivity contribution in [3.05, 3.63) is 28.2 Å². The molecule has 2 atom stereocenters. The number of anilines is 1. The summed E-state index contributed by atoms with van der Waals surface area (Å²) < 4.78 is 1.14. The van der Waals surface area contributed by atoms with Gasteiger partial charge in [0.25, 0.3) is 0 Å². The summed E-state index contributed by atoms with van der Waals surface area (Å²) in [5.41, 5.74) is 8.62. The van der Waals surface area contributed by atoms with Crippen molar-refractivity contribution in [1.29, 1.82) is 0 Å². The first-order chi connectivity index (χ1) is 8.49. The molecule has 1 aliphatic carbocycles. The molecule has 100 valence electrons. The van der Waals surface area contributed by atoms with E-state index in [0.717, 1.165) is 16.8 Å². The summed E-state index contributed by atoms with van der Waals surface area (Å²) >= 11 is 3.57. The molecule has 1 aliphatic rings. The highest BCUT2D eigenvalue weighted by Crippen LogP contribution is 2.37. The fourth-order valence-electron chi connectivity index (χ4n) is 2.50. The lowest BCUT2D eigenvalue weighted by atomic mass is 10.0. The van der Waals surface area contributed by atoms with Crippen molar-refractivity contribution >= 4 is 21.6 Å². The smallest absolute Gasteiger partial charge is 0.0410 e. The molecule has 0 bridgehead atoms. The maximum atomic E-state index is 5.95. The maximum absolute atomic E-state index is 5.95. The number of benzene rings is 1. The number of hydrogen-bond donors (Lipinski definition) is 1. The Morgan fingerprint density at radius 1 is 1.39 bits per heavy atom. The highest BCUT2D eigenvalue weighted by atomic mass is 79.9. The van der Waals surface area contributed by atoms with Gasteiger partial charge in [0.05, 0.1) is 0 Å². The minimum Gasteiger partial charge on any atom is -0.371 e. The number of rotatable bonds is 5. The number of nitrogens with two attached hydrogens (primary N) is 1. The molecule has 0 radical (unpaired) electrons. The number of nitrogens with zero attached hydrogens (tertiary/aromatic N) is 1. The molecule has 2 N–H and O–H groups in total. The standard InChI is InChI=1S/C15H23BrN2/c1-10(17)8-13-6-7-14(16)9-15(13)18(3)11(2)12-4-5-12/h6-7,9-12H,4-5,8,17H2,1-3H3. The van der Waals surface area contributed by atoms with E-state index in [1.54, 1.807) is 0 Å². The molecule has 0 spiro atoms. The average molecular weight is 311 g/mol. The Hall–Kier alpha value is -0.540. The lowest BCUT2D eigenvalue weighted by Gasteiger charge is -2.30. The second-order valence-corrected chi connectivity index (χ2v) is 6.56. The van der Waals surface area contributed by atoms with Gasteiger partial charge in [-0.1, -0.05) is 22.0 Å². The van der Waals surface area contributed by atoms with Gasteiger partial charge in [0.2, 0.25) is 0 Å². The van der Waals surface area contributed by atoms with Crippen molar-refractivity contribution < 1.29 is 0 Å². The van der Waals surface area contributed by atoms with Crippen LogP contribution in [0.25, 0.3) is 0 Å². The van der Waals surface area contributed by atoms with Crippen LogP contribution in [-0.4, -0.2) is 19.1 Å². The number of hydrogen-bond acceptors (Lipinski definition) is 2. The van der Waals surface area contributed by atoms with Crippen LogP contribution in [0.3, 0.4) is 0 Å². The normalized spacial score (nSPS) is 18.5. The van der Waals surface area contributed by atoms with Gasteiger partial charge in [-0.3, -0.25) is 0 Å². The molecule has 2 unspecified atom stereocenters. The summed E-state index contributed by atoms with van der Waals surface area (Å²) in [6.07, 6.45) is 3.69. The van der Waals surface area contributed by atoms with Crippen molar-refractivity contribution in [3.63, 3.8) is 0 Å². The molecule has 0 saturated heterocycles. The molecule has 1 aromatic rings. The Balaban J connectivity index is 2.25. The molecule has 1 saturated carbocycles. The van der Waals surface area contributed by atoms with Gasteiger partial charge < -0.3 is 10.6 Å². The SMILES string of the molecule is CC(N)Cc1ccc(Br)cc1N(C)C(C)C1CC1. The van der Waals surface area contributed by atoms with Gasteiger partial charge in [0, 0.05) is 29.3 Å². The first kappa shape index (κ1) is 13.9. The third-order valence-electron chi connectivity index (χ3n) is 3.88. The predicted molar refractivity (Wildman–Crippen MR) is 82.1 cm³/mol. The third kappa shape index (κ3) is 3.27. The first-order valence-corrected chi connectivity index (χ1v) is 7.55. The zero-order chi connectivity index (χ0) is 13.3. The molecular formula is C15H23BrN2. The van der Waals surface area contributed by atoms with Crippen LogP contribution in [-0.2, 0) is 6.42 Å². The summed E-state index contributed by atoms with van der Waals surface area (Å²) in [5.74, 6) is 0.872. The van der Waals surface area contributed by atoms with Crippen LogP contribution in [0.2, 0.25) is 0 Å². The third-order valence-corrected chi connectivity index (χ3v) is 4.38. The van der Waals surface area contributed by atoms with Gasteiger partial charge in [-0.25, -0.2) is 0 Å². The van der Waals surface area contributed by atoms with Gasteiger partial charge in [-0.05, 0) is 56.7 Å². The lowest BCUT2D eigenvalue weighted by molar-refractivity contribution is 0.605. The van der Waals surface area contributed by atoms with E-state index in [2.05, 4.69) is 59.9 Å². The van der Waals surface area contributed by atoms with E-state index in [0.29, 0.717) is 6.04 Å². The van der Waals surface area contributed by atoms with Gasteiger partial charge in [0.15, 0.2) is 0 Å². The van der Waals surface area contributed by atoms with E-state index in [1.807, 2.05) is 0 Å². The van der Waals surface area contributed by atoms with Gasteiger partial charge >= 0.3 is 0 Å². The number of halogens is 1. The van der Waals surface area contributed by atoms with Crippen LogP contribution in [0.1, 0.15) is 32.3 Å². The summed E-state index contributed by atoms with van der Waals surface area (Å²) in [5, 5.41) is 0. The second kappa shape index (κ2) is 5.62. The van der Waals surface area contributed by atoms with Gasteiger partial charge in [0.1, 0.15) is 0 Å². The summed E-state index contributed by atoms with van der Waals surface area (Å²) in [6, 6.07) is 7.34. The van der Waals surface area contributed by atoms with E-state index in [-0.39, 0.29) is 6.04 Å². The van der Waals surface area contributed by atoms with Crippen LogP contribution in [0.15, 0.2) is 22.7 Å². The summed E-state index contributed by atoms with van der Waals surface area (Å²) in [6.45, 7) is 4.39. The summed E-state index contributed by atoms with van der Waals surface area (Å²) in [4.78, 5) is 2.42. The minimum absolute atomic E-state index is 0.203. The molecule has 18 heavy (non-hydrogen) atoms. The van der Waals surface area contributed by atoms with E-state index in [4.69, 9.17) is 5.73 Å². The molecule has 0 amide bonds. The van der Waals surface area contributed by atoms with Crippen molar-refractivity contribution in [2.24, 2.45) is 11.7 Å². The van der Waals surface area contributed by atoms with E-state index >= 15 is 0 Å². The molecule has 2 rings (SSSR count). The Kier molecular flexibility index (Phi) is 4.33. The summed E-state index contributed by atoms with van der Waals surface area (Å²) in [7, 11) is 2.20. The Labute approximate surface area is 119 Å². The zero-order valence-electron chi connectivity index (χ0n) is 11.5. The van der Waals surface area contributed by atoms with Crippen molar-refractivity contribution in [2.45, 2.75) is 45.2 Å². The Bertz CT molecular complexity index is 413.